The minimum Gasteiger partial charge on any atom is -0.435 e. The number of hydrogen-bond acceptors (Lipinski definition) is 5. The summed E-state index contributed by atoms with van der Waals surface area (Å²) in [7, 11) is 1.61. The zero-order valence-corrected chi connectivity index (χ0v) is 14.3. The third-order valence-corrected chi connectivity index (χ3v) is 6.69. The van der Waals surface area contributed by atoms with E-state index in [-0.39, 0.29) is 23.4 Å². The topological polar surface area (TPSA) is 57.3 Å². The van der Waals surface area contributed by atoms with E-state index >= 15 is 0 Å². The van der Waals surface area contributed by atoms with E-state index in [0.717, 1.165) is 25.0 Å². The zero-order valence-electron chi connectivity index (χ0n) is 14.3. The number of carbonyl (C=O) groups is 1. The number of fused-ring (bicyclic) bond motifs is 4. The SMILES string of the molecule is C=C1[C@@H](OC)O[C@H](OC(C)=O)[C@@H]2[C@H]1[C@@H]1[C@H](CC[C@@]23CO3)C1(C)C. The smallest absolute Gasteiger partial charge is 0.304 e. The van der Waals surface area contributed by atoms with E-state index in [1.807, 2.05) is 0 Å². The molecule has 2 aliphatic carbocycles. The Morgan fingerprint density at radius 2 is 2.04 bits per heavy atom. The summed E-state index contributed by atoms with van der Waals surface area (Å²) in [4.78, 5) is 11.6. The Kier molecular flexibility index (Phi) is 3.26. The minimum atomic E-state index is -0.620. The molecule has 2 saturated carbocycles. The molecule has 2 saturated heterocycles. The fraction of sp³-hybridized carbons (Fsp3) is 0.833. The fourth-order valence-corrected chi connectivity index (χ4v) is 5.40. The van der Waals surface area contributed by atoms with E-state index in [9.17, 15) is 4.79 Å². The lowest BCUT2D eigenvalue weighted by molar-refractivity contribution is -0.271. The van der Waals surface area contributed by atoms with Crippen molar-refractivity contribution >= 4 is 5.97 Å². The number of hydrogen-bond donors (Lipinski definition) is 0. The van der Waals surface area contributed by atoms with Crippen molar-refractivity contribution in [2.45, 2.75) is 51.8 Å². The van der Waals surface area contributed by atoms with Crippen LogP contribution in [-0.4, -0.2) is 37.9 Å². The molecule has 4 fully saturated rings. The predicted octanol–water partition coefficient (Wildman–Crippen LogP) is 2.50. The van der Waals surface area contributed by atoms with Gasteiger partial charge < -0.3 is 18.9 Å². The first-order chi connectivity index (χ1) is 10.8. The second-order valence-corrected chi connectivity index (χ2v) is 8.15. The zero-order chi connectivity index (χ0) is 16.6. The first-order valence-corrected chi connectivity index (χ1v) is 8.50. The van der Waals surface area contributed by atoms with Gasteiger partial charge >= 0.3 is 5.97 Å². The maximum Gasteiger partial charge on any atom is 0.304 e. The van der Waals surface area contributed by atoms with Gasteiger partial charge in [-0.15, -0.1) is 0 Å². The van der Waals surface area contributed by atoms with Gasteiger partial charge in [0, 0.05) is 14.0 Å². The first-order valence-electron chi connectivity index (χ1n) is 8.50. The normalized spacial score (nSPS) is 49.8. The van der Waals surface area contributed by atoms with Gasteiger partial charge in [-0.3, -0.25) is 4.79 Å². The molecule has 4 aliphatic rings. The molecule has 0 amide bonds. The summed E-state index contributed by atoms with van der Waals surface area (Å²) in [5.74, 6) is 1.10. The van der Waals surface area contributed by atoms with E-state index in [0.29, 0.717) is 17.3 Å². The Hall–Kier alpha value is -0.910. The maximum atomic E-state index is 11.6. The van der Waals surface area contributed by atoms with Crippen molar-refractivity contribution in [1.29, 1.82) is 0 Å². The minimum absolute atomic E-state index is 0.0158. The van der Waals surface area contributed by atoms with Gasteiger partial charge in [0.15, 0.2) is 6.29 Å². The molecule has 2 heterocycles. The maximum absolute atomic E-state index is 11.6. The lowest BCUT2D eigenvalue weighted by atomic mass is 9.71. The number of carbonyl (C=O) groups excluding carboxylic acids is 1. The number of rotatable bonds is 2. The molecule has 7 atom stereocenters. The Bertz CT molecular complexity index is 550. The van der Waals surface area contributed by atoms with Crippen LogP contribution in [0.5, 0.6) is 0 Å². The highest BCUT2D eigenvalue weighted by Crippen LogP contribution is 2.72. The summed E-state index contributed by atoms with van der Waals surface area (Å²) < 4.78 is 22.9. The highest BCUT2D eigenvalue weighted by Gasteiger charge is 2.72. The lowest BCUT2D eigenvalue weighted by Crippen LogP contribution is -2.52. The third-order valence-electron chi connectivity index (χ3n) is 6.69. The Morgan fingerprint density at radius 3 is 2.61 bits per heavy atom. The van der Waals surface area contributed by atoms with Crippen LogP contribution in [0.1, 0.15) is 33.6 Å². The second kappa shape index (κ2) is 4.80. The van der Waals surface area contributed by atoms with Gasteiger partial charge in [-0.1, -0.05) is 20.4 Å². The molecule has 128 valence electrons. The number of epoxide rings is 1. The van der Waals surface area contributed by atoms with Crippen LogP contribution < -0.4 is 0 Å². The van der Waals surface area contributed by atoms with Crippen LogP contribution in [-0.2, 0) is 23.7 Å². The second-order valence-electron chi connectivity index (χ2n) is 8.15. The molecule has 1 spiro atoms. The van der Waals surface area contributed by atoms with Gasteiger partial charge in [-0.05, 0) is 41.6 Å². The molecular formula is C18H26O5. The number of esters is 1. The van der Waals surface area contributed by atoms with Gasteiger partial charge in [0.25, 0.3) is 0 Å². The van der Waals surface area contributed by atoms with Gasteiger partial charge in [0.2, 0.25) is 6.29 Å². The molecule has 0 bridgehead atoms. The summed E-state index contributed by atoms with van der Waals surface area (Å²) in [6.07, 6.45) is 1.02. The molecule has 0 aromatic carbocycles. The van der Waals surface area contributed by atoms with Crippen LogP contribution in [0.4, 0.5) is 0 Å². The van der Waals surface area contributed by atoms with Gasteiger partial charge in [-0.2, -0.15) is 0 Å². The summed E-state index contributed by atoms with van der Waals surface area (Å²) in [5.41, 5.74) is 1.05. The van der Waals surface area contributed by atoms with Gasteiger partial charge in [0.1, 0.15) is 5.60 Å². The van der Waals surface area contributed by atoms with Crippen LogP contribution in [0.15, 0.2) is 12.2 Å². The summed E-state index contributed by atoms with van der Waals surface area (Å²) in [6.45, 7) is 11.1. The molecule has 0 aromatic heterocycles. The van der Waals surface area contributed by atoms with Crippen molar-refractivity contribution < 1.29 is 23.7 Å². The summed E-state index contributed by atoms with van der Waals surface area (Å²) >= 11 is 0. The lowest BCUT2D eigenvalue weighted by Gasteiger charge is -2.44. The van der Waals surface area contributed by atoms with E-state index in [1.165, 1.54) is 6.92 Å². The molecule has 23 heavy (non-hydrogen) atoms. The van der Waals surface area contributed by atoms with Crippen molar-refractivity contribution in [2.24, 2.45) is 29.1 Å². The largest absolute Gasteiger partial charge is 0.435 e. The molecule has 0 unspecified atom stereocenters. The van der Waals surface area contributed by atoms with Crippen molar-refractivity contribution in [2.75, 3.05) is 13.7 Å². The van der Waals surface area contributed by atoms with Crippen molar-refractivity contribution in [1.82, 2.24) is 0 Å². The third kappa shape index (κ3) is 2.13. The standard InChI is InChI=1S/C18H26O5/c1-9-12-13-11(17(13,3)4)6-7-18(8-21-18)14(12)16(22-10(2)19)23-15(9)20-5/h11-16H,1,6-8H2,2-5H3/t11-,12+,13-,14-,15-,16-,18+/m0/s1. The summed E-state index contributed by atoms with van der Waals surface area (Å²) in [6, 6.07) is 0. The molecular weight excluding hydrogens is 296 g/mol. The molecule has 4 rings (SSSR count). The number of methoxy groups -OCH3 is 1. The molecule has 0 aromatic rings. The van der Waals surface area contributed by atoms with Crippen LogP contribution in [0.3, 0.4) is 0 Å². The van der Waals surface area contributed by atoms with Gasteiger partial charge in [-0.25, -0.2) is 0 Å². The Labute approximate surface area is 137 Å². The van der Waals surface area contributed by atoms with Crippen LogP contribution in [0.2, 0.25) is 0 Å². The average Bonchev–Trinajstić information content (AvgIpc) is 3.35. The highest BCUT2D eigenvalue weighted by atomic mass is 16.8. The Balaban J connectivity index is 1.74. The number of ether oxygens (including phenoxy) is 4. The quantitative estimate of drug-likeness (QED) is 0.444. The van der Waals surface area contributed by atoms with E-state index in [1.54, 1.807) is 7.11 Å². The molecule has 5 nitrogen and oxygen atoms in total. The molecule has 2 aliphatic heterocycles. The highest BCUT2D eigenvalue weighted by molar-refractivity contribution is 5.66. The monoisotopic (exact) mass is 322 g/mol. The van der Waals surface area contributed by atoms with Crippen LogP contribution >= 0.6 is 0 Å². The van der Waals surface area contributed by atoms with Crippen molar-refractivity contribution in [3.8, 4) is 0 Å². The average molecular weight is 322 g/mol. The first kappa shape index (κ1) is 15.6. The van der Waals surface area contributed by atoms with Crippen molar-refractivity contribution in [3.05, 3.63) is 12.2 Å². The van der Waals surface area contributed by atoms with Crippen molar-refractivity contribution in [3.63, 3.8) is 0 Å². The van der Waals surface area contributed by atoms with Crippen LogP contribution in [0, 0.1) is 29.1 Å². The molecule has 0 N–H and O–H groups in total. The summed E-state index contributed by atoms with van der Waals surface area (Å²) in [5, 5.41) is 0. The molecule has 0 radical (unpaired) electrons. The van der Waals surface area contributed by atoms with E-state index < -0.39 is 12.6 Å². The van der Waals surface area contributed by atoms with E-state index in [2.05, 4.69) is 20.4 Å². The van der Waals surface area contributed by atoms with E-state index in [4.69, 9.17) is 18.9 Å². The Morgan fingerprint density at radius 1 is 1.35 bits per heavy atom. The predicted molar refractivity (Wildman–Crippen MR) is 82.2 cm³/mol. The molecule has 5 heteroatoms. The van der Waals surface area contributed by atoms with Gasteiger partial charge in [0.05, 0.1) is 12.5 Å². The van der Waals surface area contributed by atoms with Crippen LogP contribution in [0.25, 0.3) is 0 Å². The fourth-order valence-electron chi connectivity index (χ4n) is 5.40.